The summed E-state index contributed by atoms with van der Waals surface area (Å²) in [6.07, 6.45) is 2.97. The van der Waals surface area contributed by atoms with Gasteiger partial charge in [0.25, 0.3) is 0 Å². The molecule has 1 atom stereocenters. The predicted octanol–water partition coefficient (Wildman–Crippen LogP) is 1.69. The van der Waals surface area contributed by atoms with Gasteiger partial charge in [-0.05, 0) is 26.2 Å². The smallest absolute Gasteiger partial charge is 0.248 e. The molecule has 0 spiro atoms. The second-order valence-electron chi connectivity index (χ2n) is 4.67. The van der Waals surface area contributed by atoms with E-state index in [1.54, 1.807) is 4.90 Å². The summed E-state index contributed by atoms with van der Waals surface area (Å²) < 4.78 is 0. The van der Waals surface area contributed by atoms with Crippen LogP contribution in [0.25, 0.3) is 0 Å². The molecule has 0 aromatic rings. The Labute approximate surface area is 104 Å². The van der Waals surface area contributed by atoms with Crippen LogP contribution in [0.1, 0.15) is 53.4 Å². The number of piperazine rings is 1. The van der Waals surface area contributed by atoms with Crippen molar-refractivity contribution in [2.45, 2.75) is 65.0 Å². The van der Waals surface area contributed by atoms with E-state index in [0.717, 1.165) is 12.8 Å². The fourth-order valence-electron chi connectivity index (χ4n) is 2.58. The molecule has 2 amide bonds. The van der Waals surface area contributed by atoms with Crippen molar-refractivity contribution in [3.05, 3.63) is 0 Å². The minimum Gasteiger partial charge on any atom is -0.340 e. The summed E-state index contributed by atoms with van der Waals surface area (Å²) in [5.41, 5.74) is -0.669. The highest BCUT2D eigenvalue weighted by atomic mass is 16.2. The average molecular weight is 240 g/mol. The maximum atomic E-state index is 12.5. The Hall–Kier alpha value is -1.06. The SMILES string of the molecule is CCCC1C(=O)NC(CC)(CC)C(=O)N1CC. The molecule has 0 aromatic heterocycles. The fraction of sp³-hybridized carbons (Fsp3) is 0.846. The summed E-state index contributed by atoms with van der Waals surface area (Å²) in [6, 6.07) is -0.274. The molecule has 0 aromatic carbocycles. The van der Waals surface area contributed by atoms with Crippen LogP contribution in [-0.4, -0.2) is 34.8 Å². The number of carbonyl (C=O) groups excluding carboxylic acids is 2. The van der Waals surface area contributed by atoms with Crippen molar-refractivity contribution in [2.24, 2.45) is 0 Å². The predicted molar refractivity (Wildman–Crippen MR) is 67.5 cm³/mol. The van der Waals surface area contributed by atoms with Crippen LogP contribution in [0.2, 0.25) is 0 Å². The third-order valence-electron chi connectivity index (χ3n) is 3.82. The largest absolute Gasteiger partial charge is 0.340 e. The molecule has 1 unspecified atom stereocenters. The van der Waals surface area contributed by atoms with Crippen LogP contribution < -0.4 is 5.32 Å². The Balaban J connectivity index is 3.02. The van der Waals surface area contributed by atoms with Gasteiger partial charge in [0.05, 0.1) is 0 Å². The van der Waals surface area contributed by atoms with Gasteiger partial charge >= 0.3 is 0 Å². The van der Waals surface area contributed by atoms with Gasteiger partial charge in [-0.15, -0.1) is 0 Å². The Kier molecular flexibility index (Phi) is 4.54. The van der Waals surface area contributed by atoms with E-state index in [2.05, 4.69) is 5.32 Å². The van der Waals surface area contributed by atoms with E-state index in [1.165, 1.54) is 0 Å². The Morgan fingerprint density at radius 2 is 1.76 bits per heavy atom. The maximum absolute atomic E-state index is 12.5. The number of amides is 2. The molecule has 1 aliphatic rings. The minimum atomic E-state index is -0.669. The van der Waals surface area contributed by atoms with E-state index in [9.17, 15) is 9.59 Å². The second kappa shape index (κ2) is 5.52. The summed E-state index contributed by atoms with van der Waals surface area (Å²) in [7, 11) is 0. The first kappa shape index (κ1) is 14.0. The molecule has 0 saturated carbocycles. The molecule has 17 heavy (non-hydrogen) atoms. The third-order valence-corrected chi connectivity index (χ3v) is 3.82. The second-order valence-corrected chi connectivity index (χ2v) is 4.67. The molecule has 1 N–H and O–H groups in total. The maximum Gasteiger partial charge on any atom is 0.248 e. The highest BCUT2D eigenvalue weighted by molar-refractivity contribution is 5.99. The van der Waals surface area contributed by atoms with Crippen molar-refractivity contribution in [2.75, 3.05) is 6.54 Å². The van der Waals surface area contributed by atoms with E-state index in [1.807, 2.05) is 27.7 Å². The summed E-state index contributed by atoms with van der Waals surface area (Å²) in [5, 5.41) is 2.95. The lowest BCUT2D eigenvalue weighted by Gasteiger charge is -2.45. The normalized spacial score (nSPS) is 23.8. The average Bonchev–Trinajstić information content (AvgIpc) is 2.34. The van der Waals surface area contributed by atoms with Crippen molar-refractivity contribution in [1.82, 2.24) is 10.2 Å². The zero-order valence-electron chi connectivity index (χ0n) is 11.4. The minimum absolute atomic E-state index is 0.0111. The van der Waals surface area contributed by atoms with Crippen LogP contribution in [0.4, 0.5) is 0 Å². The molecular formula is C13H24N2O2. The highest BCUT2D eigenvalue weighted by Crippen LogP contribution is 2.26. The van der Waals surface area contributed by atoms with Crippen molar-refractivity contribution in [1.29, 1.82) is 0 Å². The molecule has 1 aliphatic heterocycles. The topological polar surface area (TPSA) is 49.4 Å². The van der Waals surface area contributed by atoms with Gasteiger partial charge in [-0.25, -0.2) is 0 Å². The van der Waals surface area contributed by atoms with Gasteiger partial charge in [0.15, 0.2) is 0 Å². The van der Waals surface area contributed by atoms with Gasteiger partial charge in [-0.1, -0.05) is 27.2 Å². The molecule has 0 radical (unpaired) electrons. The van der Waals surface area contributed by atoms with Gasteiger partial charge in [0, 0.05) is 6.54 Å². The molecular weight excluding hydrogens is 216 g/mol. The first-order valence-corrected chi connectivity index (χ1v) is 6.69. The molecule has 1 heterocycles. The molecule has 4 nitrogen and oxygen atoms in total. The number of carbonyl (C=O) groups is 2. The number of likely N-dealkylation sites (N-methyl/N-ethyl adjacent to an activating group) is 1. The lowest BCUT2D eigenvalue weighted by Crippen LogP contribution is -2.69. The van der Waals surface area contributed by atoms with Crippen LogP contribution >= 0.6 is 0 Å². The van der Waals surface area contributed by atoms with E-state index in [0.29, 0.717) is 19.4 Å². The fourth-order valence-corrected chi connectivity index (χ4v) is 2.58. The van der Waals surface area contributed by atoms with E-state index in [4.69, 9.17) is 0 Å². The summed E-state index contributed by atoms with van der Waals surface area (Å²) in [4.78, 5) is 26.4. The summed E-state index contributed by atoms with van der Waals surface area (Å²) in [6.45, 7) is 8.49. The summed E-state index contributed by atoms with van der Waals surface area (Å²) in [5.74, 6) is 0.0973. The number of hydrogen-bond donors (Lipinski definition) is 1. The highest BCUT2D eigenvalue weighted by Gasteiger charge is 2.47. The Bertz CT molecular complexity index is 298. The Morgan fingerprint density at radius 3 is 2.18 bits per heavy atom. The first-order valence-electron chi connectivity index (χ1n) is 6.69. The summed E-state index contributed by atoms with van der Waals surface area (Å²) >= 11 is 0. The van der Waals surface area contributed by atoms with Gasteiger partial charge in [-0.3, -0.25) is 9.59 Å². The molecule has 1 saturated heterocycles. The molecule has 4 heteroatoms. The van der Waals surface area contributed by atoms with Gasteiger partial charge in [-0.2, -0.15) is 0 Å². The molecule has 0 bridgehead atoms. The zero-order chi connectivity index (χ0) is 13.1. The number of rotatable bonds is 5. The first-order chi connectivity index (χ1) is 8.06. The molecule has 98 valence electrons. The zero-order valence-corrected chi connectivity index (χ0v) is 11.4. The standard InChI is InChI=1S/C13H24N2O2/c1-5-9-10-11(16)14-13(6-2,7-3)12(17)15(10)8-4/h10H,5-9H2,1-4H3,(H,14,16). The van der Waals surface area contributed by atoms with E-state index in [-0.39, 0.29) is 17.9 Å². The van der Waals surface area contributed by atoms with E-state index >= 15 is 0 Å². The lowest BCUT2D eigenvalue weighted by molar-refractivity contribution is -0.155. The molecule has 1 fully saturated rings. The van der Waals surface area contributed by atoms with Gasteiger partial charge in [0.2, 0.25) is 11.8 Å². The van der Waals surface area contributed by atoms with Gasteiger partial charge in [0.1, 0.15) is 11.6 Å². The van der Waals surface area contributed by atoms with E-state index < -0.39 is 5.54 Å². The number of nitrogens with zero attached hydrogens (tertiary/aromatic N) is 1. The Morgan fingerprint density at radius 1 is 1.18 bits per heavy atom. The van der Waals surface area contributed by atoms with Crippen LogP contribution in [0.5, 0.6) is 0 Å². The number of nitrogens with one attached hydrogen (secondary N) is 1. The third kappa shape index (κ3) is 2.31. The van der Waals surface area contributed by atoms with Crippen molar-refractivity contribution in [3.8, 4) is 0 Å². The monoisotopic (exact) mass is 240 g/mol. The van der Waals surface area contributed by atoms with Crippen molar-refractivity contribution >= 4 is 11.8 Å². The molecule has 1 rings (SSSR count). The van der Waals surface area contributed by atoms with Crippen molar-refractivity contribution < 1.29 is 9.59 Å². The van der Waals surface area contributed by atoms with Crippen molar-refractivity contribution in [3.63, 3.8) is 0 Å². The van der Waals surface area contributed by atoms with Gasteiger partial charge < -0.3 is 10.2 Å². The number of hydrogen-bond acceptors (Lipinski definition) is 2. The van der Waals surface area contributed by atoms with Crippen LogP contribution in [-0.2, 0) is 9.59 Å². The van der Waals surface area contributed by atoms with Crippen LogP contribution in [0, 0.1) is 0 Å². The quantitative estimate of drug-likeness (QED) is 0.795. The molecule has 0 aliphatic carbocycles. The lowest BCUT2D eigenvalue weighted by atomic mass is 9.86. The van der Waals surface area contributed by atoms with Crippen LogP contribution in [0.3, 0.4) is 0 Å². The van der Waals surface area contributed by atoms with Crippen LogP contribution in [0.15, 0.2) is 0 Å².